The molecule has 116 valence electrons. The molecule has 1 aliphatic carbocycles. The van der Waals surface area contributed by atoms with Crippen molar-refractivity contribution in [2.75, 3.05) is 0 Å². The lowest BCUT2D eigenvalue weighted by molar-refractivity contribution is -0.131. The van der Waals surface area contributed by atoms with Gasteiger partial charge in [0.2, 0.25) is 0 Å². The van der Waals surface area contributed by atoms with E-state index < -0.39 is 5.97 Å². The molecule has 0 radical (unpaired) electrons. The summed E-state index contributed by atoms with van der Waals surface area (Å²) in [7, 11) is 0. The van der Waals surface area contributed by atoms with Crippen LogP contribution < -0.4 is 0 Å². The van der Waals surface area contributed by atoms with Crippen molar-refractivity contribution in [3.8, 4) is 0 Å². The molecule has 0 fully saturated rings. The standard InChI is InChI=1S/C20H24O2/c1-15(7-5-8-16(2)14-20(21)22)13-18-11-6-10-17-9-3-4-12-19(17)18/h3-5,7-9,12,14,18H,6,10-11,13H2,1-2H3,(H,21,22)/b8-5-,15-7-,16-14+. The van der Waals surface area contributed by atoms with Gasteiger partial charge in [-0.2, -0.15) is 0 Å². The fourth-order valence-corrected chi connectivity index (χ4v) is 3.13. The molecule has 0 aliphatic heterocycles. The number of carboxylic acids is 1. The quantitative estimate of drug-likeness (QED) is 0.611. The number of aryl methyl sites for hydroxylation is 1. The molecule has 1 unspecified atom stereocenters. The highest BCUT2D eigenvalue weighted by atomic mass is 16.4. The van der Waals surface area contributed by atoms with Crippen LogP contribution in [0.15, 0.2) is 59.7 Å². The monoisotopic (exact) mass is 296 g/mol. The summed E-state index contributed by atoms with van der Waals surface area (Å²) in [6.07, 6.45) is 11.9. The van der Waals surface area contributed by atoms with E-state index in [0.717, 1.165) is 12.0 Å². The van der Waals surface area contributed by atoms with Gasteiger partial charge in [-0.15, -0.1) is 0 Å². The maximum absolute atomic E-state index is 10.6. The number of hydrogen-bond donors (Lipinski definition) is 1. The largest absolute Gasteiger partial charge is 0.478 e. The van der Waals surface area contributed by atoms with Gasteiger partial charge in [0.25, 0.3) is 0 Å². The van der Waals surface area contributed by atoms with Crippen molar-refractivity contribution in [2.24, 2.45) is 0 Å². The van der Waals surface area contributed by atoms with Crippen molar-refractivity contribution in [1.82, 2.24) is 0 Å². The summed E-state index contributed by atoms with van der Waals surface area (Å²) in [5.74, 6) is -0.285. The number of carboxylic acid groups (broad SMARTS) is 1. The number of allylic oxidation sites excluding steroid dienone is 5. The Bertz CT molecular complexity index is 620. The SMILES string of the molecule is C/C(=C/C=C\C(C)=C\C(=O)O)CC1CCCc2ccccc21. The number of carbonyl (C=O) groups is 1. The van der Waals surface area contributed by atoms with Gasteiger partial charge in [0.1, 0.15) is 0 Å². The molecule has 22 heavy (non-hydrogen) atoms. The summed E-state index contributed by atoms with van der Waals surface area (Å²) in [4.78, 5) is 10.6. The molecule has 0 saturated carbocycles. The number of rotatable bonds is 5. The third-order valence-electron chi connectivity index (χ3n) is 4.15. The van der Waals surface area contributed by atoms with Crippen molar-refractivity contribution in [3.05, 3.63) is 70.8 Å². The molecule has 1 aliphatic rings. The Hall–Kier alpha value is -2.09. The average Bonchev–Trinajstić information content (AvgIpc) is 2.47. The molecule has 0 bridgehead atoms. The first-order valence-corrected chi connectivity index (χ1v) is 7.89. The van der Waals surface area contributed by atoms with Crippen molar-refractivity contribution in [1.29, 1.82) is 0 Å². The summed E-state index contributed by atoms with van der Waals surface area (Å²) in [5, 5.41) is 8.68. The fraction of sp³-hybridized carbons (Fsp3) is 0.350. The first kappa shape index (κ1) is 16.3. The van der Waals surface area contributed by atoms with E-state index >= 15 is 0 Å². The number of aliphatic carboxylic acids is 1. The molecule has 0 spiro atoms. The number of benzene rings is 1. The third-order valence-corrected chi connectivity index (χ3v) is 4.15. The van der Waals surface area contributed by atoms with Crippen LogP contribution in [0.25, 0.3) is 0 Å². The molecular formula is C20H24O2. The Morgan fingerprint density at radius 1 is 1.32 bits per heavy atom. The minimum absolute atomic E-state index is 0.616. The second kappa shape index (κ2) is 7.79. The van der Waals surface area contributed by atoms with Crippen LogP contribution in [-0.4, -0.2) is 11.1 Å². The Labute approximate surface area is 132 Å². The number of fused-ring (bicyclic) bond motifs is 1. The van der Waals surface area contributed by atoms with Crippen LogP contribution >= 0.6 is 0 Å². The van der Waals surface area contributed by atoms with Crippen LogP contribution in [0.5, 0.6) is 0 Å². The third kappa shape index (κ3) is 4.73. The molecular weight excluding hydrogens is 272 g/mol. The van der Waals surface area contributed by atoms with Gasteiger partial charge < -0.3 is 5.11 Å². The van der Waals surface area contributed by atoms with Crippen LogP contribution in [0, 0.1) is 0 Å². The van der Waals surface area contributed by atoms with E-state index in [1.807, 2.05) is 12.2 Å². The first-order valence-electron chi connectivity index (χ1n) is 7.89. The molecule has 0 aromatic heterocycles. The Morgan fingerprint density at radius 3 is 2.86 bits per heavy atom. The minimum Gasteiger partial charge on any atom is -0.478 e. The lowest BCUT2D eigenvalue weighted by Crippen LogP contribution is -2.09. The predicted octanol–water partition coefficient (Wildman–Crippen LogP) is 5.03. The highest BCUT2D eigenvalue weighted by molar-refractivity contribution is 5.81. The van der Waals surface area contributed by atoms with E-state index in [1.165, 1.54) is 42.0 Å². The van der Waals surface area contributed by atoms with Crippen molar-refractivity contribution >= 4 is 5.97 Å². The fourth-order valence-electron chi connectivity index (χ4n) is 3.13. The van der Waals surface area contributed by atoms with E-state index in [2.05, 4.69) is 37.3 Å². The van der Waals surface area contributed by atoms with Crippen LogP contribution in [0.1, 0.15) is 50.2 Å². The van der Waals surface area contributed by atoms with Gasteiger partial charge in [-0.1, -0.05) is 48.1 Å². The smallest absolute Gasteiger partial charge is 0.328 e. The maximum Gasteiger partial charge on any atom is 0.328 e. The number of hydrogen-bond acceptors (Lipinski definition) is 1. The molecule has 1 aromatic rings. The van der Waals surface area contributed by atoms with Gasteiger partial charge >= 0.3 is 5.97 Å². The zero-order chi connectivity index (χ0) is 15.9. The van der Waals surface area contributed by atoms with Crippen molar-refractivity contribution in [2.45, 2.75) is 45.4 Å². The van der Waals surface area contributed by atoms with E-state index in [0.29, 0.717) is 5.92 Å². The van der Waals surface area contributed by atoms with Gasteiger partial charge in [-0.3, -0.25) is 0 Å². The Morgan fingerprint density at radius 2 is 2.09 bits per heavy atom. The predicted molar refractivity (Wildman–Crippen MR) is 91.0 cm³/mol. The van der Waals surface area contributed by atoms with Crippen LogP contribution in [0.3, 0.4) is 0 Å². The first-order chi connectivity index (χ1) is 10.6. The van der Waals surface area contributed by atoms with E-state index in [1.54, 1.807) is 6.92 Å². The van der Waals surface area contributed by atoms with Gasteiger partial charge in [-0.25, -0.2) is 4.79 Å². The molecule has 0 saturated heterocycles. The Kier molecular flexibility index (Phi) is 5.76. The summed E-state index contributed by atoms with van der Waals surface area (Å²) >= 11 is 0. The van der Waals surface area contributed by atoms with Crippen LogP contribution in [-0.2, 0) is 11.2 Å². The average molecular weight is 296 g/mol. The molecule has 1 N–H and O–H groups in total. The van der Waals surface area contributed by atoms with Crippen molar-refractivity contribution in [3.63, 3.8) is 0 Å². The molecule has 1 aromatic carbocycles. The van der Waals surface area contributed by atoms with Crippen molar-refractivity contribution < 1.29 is 9.90 Å². The van der Waals surface area contributed by atoms with Crippen LogP contribution in [0.4, 0.5) is 0 Å². The Balaban J connectivity index is 2.01. The van der Waals surface area contributed by atoms with Crippen LogP contribution in [0.2, 0.25) is 0 Å². The molecule has 2 heteroatoms. The highest BCUT2D eigenvalue weighted by Crippen LogP contribution is 2.35. The van der Waals surface area contributed by atoms with E-state index in [4.69, 9.17) is 5.11 Å². The van der Waals surface area contributed by atoms with Gasteiger partial charge in [0.05, 0.1) is 0 Å². The molecule has 2 rings (SSSR count). The van der Waals surface area contributed by atoms with E-state index in [-0.39, 0.29) is 0 Å². The molecule has 0 amide bonds. The zero-order valence-corrected chi connectivity index (χ0v) is 13.4. The lowest BCUT2D eigenvalue weighted by atomic mass is 9.80. The van der Waals surface area contributed by atoms with Gasteiger partial charge in [0.15, 0.2) is 0 Å². The summed E-state index contributed by atoms with van der Waals surface area (Å²) in [6, 6.07) is 8.78. The maximum atomic E-state index is 10.6. The molecule has 1 atom stereocenters. The second-order valence-electron chi connectivity index (χ2n) is 6.09. The molecule has 2 nitrogen and oxygen atoms in total. The topological polar surface area (TPSA) is 37.3 Å². The van der Waals surface area contributed by atoms with E-state index in [9.17, 15) is 4.79 Å². The highest BCUT2D eigenvalue weighted by Gasteiger charge is 2.19. The molecule has 0 heterocycles. The van der Waals surface area contributed by atoms with Gasteiger partial charge in [0, 0.05) is 6.08 Å². The second-order valence-corrected chi connectivity index (χ2v) is 6.09. The van der Waals surface area contributed by atoms with Gasteiger partial charge in [-0.05, 0) is 62.1 Å². The summed E-state index contributed by atoms with van der Waals surface area (Å²) in [5.41, 5.74) is 5.09. The normalized spacial score (nSPS) is 19.3. The summed E-state index contributed by atoms with van der Waals surface area (Å²) in [6.45, 7) is 3.95. The lowest BCUT2D eigenvalue weighted by Gasteiger charge is -2.25. The minimum atomic E-state index is -0.901. The summed E-state index contributed by atoms with van der Waals surface area (Å²) < 4.78 is 0. The zero-order valence-electron chi connectivity index (χ0n) is 13.4.